The van der Waals surface area contributed by atoms with Crippen molar-refractivity contribution in [2.24, 2.45) is 5.92 Å². The Morgan fingerprint density at radius 1 is 1.64 bits per heavy atom. The molecule has 0 aromatic carbocycles. The van der Waals surface area contributed by atoms with Crippen molar-refractivity contribution in [2.75, 3.05) is 13.1 Å². The van der Waals surface area contributed by atoms with E-state index in [1.807, 2.05) is 4.90 Å². The molecule has 2 amide bonds. The zero-order valence-corrected chi connectivity index (χ0v) is 9.55. The van der Waals surface area contributed by atoms with Gasteiger partial charge in [0.05, 0.1) is 0 Å². The second-order valence-corrected chi connectivity index (χ2v) is 4.48. The van der Waals surface area contributed by atoms with Gasteiger partial charge in [-0.05, 0) is 25.7 Å². The van der Waals surface area contributed by atoms with E-state index in [1.165, 1.54) is 0 Å². The lowest BCUT2D eigenvalue weighted by Crippen LogP contribution is -2.42. The Kier molecular flexibility index (Phi) is 4.23. The van der Waals surface area contributed by atoms with Gasteiger partial charge in [-0.2, -0.15) is 0 Å². The van der Waals surface area contributed by atoms with E-state index in [0.717, 1.165) is 32.4 Å². The van der Waals surface area contributed by atoms with Crippen molar-refractivity contribution in [3.8, 4) is 0 Å². The fraction of sp³-hybridized carbons (Fsp3) is 0.909. The molecule has 3 nitrogen and oxygen atoms in total. The highest BCUT2D eigenvalue weighted by atomic mass is 16.2. The van der Waals surface area contributed by atoms with Crippen LogP contribution in [0.15, 0.2) is 0 Å². The minimum absolute atomic E-state index is 0.121. The molecule has 1 N–H and O–H groups in total. The second-order valence-electron chi connectivity index (χ2n) is 4.48. The first kappa shape index (κ1) is 11.3. The smallest absolute Gasteiger partial charge is 0.317 e. The molecule has 1 saturated heterocycles. The molecule has 0 saturated carbocycles. The van der Waals surface area contributed by atoms with Crippen LogP contribution in [0.5, 0.6) is 0 Å². The topological polar surface area (TPSA) is 32.3 Å². The van der Waals surface area contributed by atoms with Crippen LogP contribution in [0, 0.1) is 5.92 Å². The number of hydrogen-bond acceptors (Lipinski definition) is 1. The minimum Gasteiger partial charge on any atom is -0.336 e. The fourth-order valence-electron chi connectivity index (χ4n) is 1.93. The van der Waals surface area contributed by atoms with Crippen molar-refractivity contribution < 1.29 is 4.79 Å². The molecule has 1 aliphatic heterocycles. The standard InChI is InChI=1S/C11H22N2O/c1-4-5-10(3)12-11(14)13-7-6-9(2)8-13/h9-10H,4-8H2,1-3H3,(H,12,14). The average molecular weight is 198 g/mol. The normalized spacial score (nSPS) is 23.6. The summed E-state index contributed by atoms with van der Waals surface area (Å²) in [6.45, 7) is 8.25. The summed E-state index contributed by atoms with van der Waals surface area (Å²) >= 11 is 0. The summed E-state index contributed by atoms with van der Waals surface area (Å²) in [6.07, 6.45) is 3.34. The Bertz CT molecular complexity index is 194. The van der Waals surface area contributed by atoms with E-state index in [4.69, 9.17) is 0 Å². The third-order valence-corrected chi connectivity index (χ3v) is 2.80. The van der Waals surface area contributed by atoms with Gasteiger partial charge >= 0.3 is 6.03 Å². The van der Waals surface area contributed by atoms with Gasteiger partial charge in [-0.3, -0.25) is 0 Å². The highest BCUT2D eigenvalue weighted by Crippen LogP contribution is 2.14. The second kappa shape index (κ2) is 5.23. The lowest BCUT2D eigenvalue weighted by atomic mass is 10.2. The largest absolute Gasteiger partial charge is 0.336 e. The van der Waals surface area contributed by atoms with Crippen LogP contribution >= 0.6 is 0 Å². The van der Waals surface area contributed by atoms with E-state index in [9.17, 15) is 4.79 Å². The zero-order chi connectivity index (χ0) is 10.6. The van der Waals surface area contributed by atoms with Crippen molar-refractivity contribution >= 4 is 6.03 Å². The zero-order valence-electron chi connectivity index (χ0n) is 9.55. The SMILES string of the molecule is CCCC(C)NC(=O)N1CCC(C)C1. The van der Waals surface area contributed by atoms with Crippen LogP contribution in [-0.4, -0.2) is 30.1 Å². The molecule has 1 fully saturated rings. The first-order chi connectivity index (χ1) is 6.63. The summed E-state index contributed by atoms with van der Waals surface area (Å²) < 4.78 is 0. The molecule has 2 atom stereocenters. The van der Waals surface area contributed by atoms with Crippen molar-refractivity contribution in [1.29, 1.82) is 0 Å². The molecule has 3 heteroatoms. The monoisotopic (exact) mass is 198 g/mol. The molecule has 14 heavy (non-hydrogen) atoms. The fourth-order valence-corrected chi connectivity index (χ4v) is 1.93. The third-order valence-electron chi connectivity index (χ3n) is 2.80. The van der Waals surface area contributed by atoms with E-state index < -0.39 is 0 Å². The summed E-state index contributed by atoms with van der Waals surface area (Å²) in [5.74, 6) is 0.669. The first-order valence-electron chi connectivity index (χ1n) is 5.69. The molecule has 1 aliphatic rings. The molecule has 1 rings (SSSR count). The van der Waals surface area contributed by atoms with Gasteiger partial charge in [0.25, 0.3) is 0 Å². The van der Waals surface area contributed by atoms with Gasteiger partial charge in [0.1, 0.15) is 0 Å². The molecule has 82 valence electrons. The molecule has 0 aromatic heterocycles. The number of carbonyl (C=O) groups excluding carboxylic acids is 1. The van der Waals surface area contributed by atoms with Crippen molar-refractivity contribution in [2.45, 2.75) is 46.1 Å². The predicted molar refractivity (Wildman–Crippen MR) is 58.3 cm³/mol. The predicted octanol–water partition coefficient (Wildman–Crippen LogP) is 2.23. The maximum Gasteiger partial charge on any atom is 0.317 e. The van der Waals surface area contributed by atoms with E-state index in [1.54, 1.807) is 0 Å². The van der Waals surface area contributed by atoms with Crippen LogP contribution in [0.2, 0.25) is 0 Å². The van der Waals surface area contributed by atoms with Gasteiger partial charge < -0.3 is 10.2 Å². The van der Waals surface area contributed by atoms with Gasteiger partial charge in [0.15, 0.2) is 0 Å². The molecular weight excluding hydrogens is 176 g/mol. The lowest BCUT2D eigenvalue weighted by Gasteiger charge is -2.20. The van der Waals surface area contributed by atoms with Crippen molar-refractivity contribution in [1.82, 2.24) is 10.2 Å². The summed E-state index contributed by atoms with van der Waals surface area (Å²) in [5.41, 5.74) is 0. The van der Waals surface area contributed by atoms with Crippen LogP contribution in [0.4, 0.5) is 4.79 Å². The number of urea groups is 1. The number of amides is 2. The van der Waals surface area contributed by atoms with Crippen LogP contribution in [0.25, 0.3) is 0 Å². The average Bonchev–Trinajstić information content (AvgIpc) is 2.52. The molecule has 0 bridgehead atoms. The quantitative estimate of drug-likeness (QED) is 0.741. The molecule has 0 aromatic rings. The summed E-state index contributed by atoms with van der Waals surface area (Å²) in [4.78, 5) is 13.6. The van der Waals surface area contributed by atoms with Gasteiger partial charge in [-0.25, -0.2) is 4.79 Å². The Morgan fingerprint density at radius 2 is 2.36 bits per heavy atom. The number of carbonyl (C=O) groups is 1. The Morgan fingerprint density at radius 3 is 2.86 bits per heavy atom. The molecular formula is C11H22N2O. The Hall–Kier alpha value is -0.730. The summed E-state index contributed by atoms with van der Waals surface area (Å²) in [6, 6.07) is 0.429. The van der Waals surface area contributed by atoms with E-state index in [2.05, 4.69) is 26.1 Å². The first-order valence-corrected chi connectivity index (χ1v) is 5.69. The van der Waals surface area contributed by atoms with Gasteiger partial charge in [0, 0.05) is 19.1 Å². The molecule has 0 spiro atoms. The number of likely N-dealkylation sites (tertiary alicyclic amines) is 1. The number of hydrogen-bond donors (Lipinski definition) is 1. The minimum atomic E-state index is 0.121. The van der Waals surface area contributed by atoms with Crippen LogP contribution in [0.1, 0.15) is 40.0 Å². The maximum absolute atomic E-state index is 11.7. The van der Waals surface area contributed by atoms with Gasteiger partial charge in [0.2, 0.25) is 0 Å². The van der Waals surface area contributed by atoms with Crippen LogP contribution in [-0.2, 0) is 0 Å². The van der Waals surface area contributed by atoms with Crippen LogP contribution in [0.3, 0.4) is 0 Å². The molecule has 0 aliphatic carbocycles. The third kappa shape index (κ3) is 3.20. The maximum atomic E-state index is 11.7. The molecule has 2 unspecified atom stereocenters. The summed E-state index contributed by atoms with van der Waals surface area (Å²) in [5, 5.41) is 3.03. The Balaban J connectivity index is 2.27. The highest BCUT2D eigenvalue weighted by molar-refractivity contribution is 5.74. The van der Waals surface area contributed by atoms with Gasteiger partial charge in [-0.1, -0.05) is 20.3 Å². The number of rotatable bonds is 3. The molecule has 0 radical (unpaired) electrons. The van der Waals surface area contributed by atoms with E-state index >= 15 is 0 Å². The van der Waals surface area contributed by atoms with Gasteiger partial charge in [-0.15, -0.1) is 0 Å². The Labute approximate surface area is 86.9 Å². The van der Waals surface area contributed by atoms with E-state index in [0.29, 0.717) is 12.0 Å². The van der Waals surface area contributed by atoms with Crippen molar-refractivity contribution in [3.05, 3.63) is 0 Å². The molecule has 1 heterocycles. The van der Waals surface area contributed by atoms with E-state index in [-0.39, 0.29) is 6.03 Å². The highest BCUT2D eigenvalue weighted by Gasteiger charge is 2.23. The van der Waals surface area contributed by atoms with Crippen molar-refractivity contribution in [3.63, 3.8) is 0 Å². The van der Waals surface area contributed by atoms with Crippen LogP contribution < -0.4 is 5.32 Å². The summed E-state index contributed by atoms with van der Waals surface area (Å²) in [7, 11) is 0. The number of nitrogens with one attached hydrogen (secondary N) is 1. The number of nitrogens with zero attached hydrogens (tertiary/aromatic N) is 1. The lowest BCUT2D eigenvalue weighted by molar-refractivity contribution is 0.203.